The van der Waals surface area contributed by atoms with E-state index in [2.05, 4.69) is 25.9 Å². The van der Waals surface area contributed by atoms with E-state index in [4.69, 9.17) is 0 Å². The summed E-state index contributed by atoms with van der Waals surface area (Å²) in [5, 5.41) is 0.778. The summed E-state index contributed by atoms with van der Waals surface area (Å²) < 4.78 is 1.95. The highest BCUT2D eigenvalue weighted by atomic mass is 79.9. The molecule has 0 aliphatic carbocycles. The molecule has 0 N–H and O–H groups in total. The molecule has 4 heteroatoms. The number of nitrogens with zero attached hydrogens (tertiary/aromatic N) is 3. The first kappa shape index (κ1) is 8.44. The maximum atomic E-state index is 4.20. The van der Waals surface area contributed by atoms with Crippen molar-refractivity contribution in [2.75, 3.05) is 0 Å². The van der Waals surface area contributed by atoms with E-state index in [0.717, 1.165) is 16.7 Å². The lowest BCUT2D eigenvalue weighted by Crippen LogP contribution is -1.89. The Balaban J connectivity index is 2.36. The average Bonchev–Trinajstić information content (AvgIpc) is 2.67. The van der Waals surface area contributed by atoms with Crippen LogP contribution in [0, 0.1) is 0 Å². The molecule has 0 aromatic carbocycles. The molecular weight excluding hydrogens is 230 g/mol. The summed E-state index contributed by atoms with van der Waals surface area (Å²) in [6.07, 6.45) is 7.32. The number of pyridine rings is 1. The second-order valence-electron chi connectivity index (χ2n) is 2.62. The average molecular weight is 238 g/mol. The van der Waals surface area contributed by atoms with E-state index in [1.54, 1.807) is 18.7 Å². The Morgan fingerprint density at radius 2 is 2.38 bits per heavy atom. The minimum atomic E-state index is 0.778. The molecule has 0 saturated carbocycles. The number of aromatic nitrogens is 3. The molecule has 0 aliphatic heterocycles. The van der Waals surface area contributed by atoms with Gasteiger partial charge in [0.2, 0.25) is 0 Å². The molecule has 0 atom stereocenters. The Labute approximate surface area is 84.6 Å². The van der Waals surface area contributed by atoms with Gasteiger partial charge in [0.05, 0.1) is 23.9 Å². The normalized spacial score (nSPS) is 10.2. The quantitative estimate of drug-likeness (QED) is 0.750. The lowest BCUT2D eigenvalue weighted by Gasteiger charge is -1.98. The highest BCUT2D eigenvalue weighted by Crippen LogP contribution is 2.08. The summed E-state index contributed by atoms with van der Waals surface area (Å²) in [6, 6.07) is 3.90. The number of hydrogen-bond donors (Lipinski definition) is 0. The van der Waals surface area contributed by atoms with Crippen molar-refractivity contribution in [3.8, 4) is 5.69 Å². The number of rotatable bonds is 2. The van der Waals surface area contributed by atoms with Gasteiger partial charge < -0.3 is 4.57 Å². The van der Waals surface area contributed by atoms with Crippen LogP contribution < -0.4 is 0 Å². The van der Waals surface area contributed by atoms with Crippen molar-refractivity contribution >= 4 is 15.9 Å². The Bertz CT molecular complexity index is 383. The van der Waals surface area contributed by atoms with Crippen LogP contribution in [-0.4, -0.2) is 14.5 Å². The number of alkyl halides is 1. The predicted molar refractivity (Wildman–Crippen MR) is 54.0 cm³/mol. The molecule has 66 valence electrons. The summed E-state index contributed by atoms with van der Waals surface area (Å²) in [4.78, 5) is 8.24. The minimum absolute atomic E-state index is 0.778. The molecule has 0 amide bonds. The SMILES string of the molecule is BrCc1cn(-c2cccnc2)cn1. The third-order valence-electron chi connectivity index (χ3n) is 1.72. The van der Waals surface area contributed by atoms with Crippen LogP contribution in [0.3, 0.4) is 0 Å². The molecular formula is C9H8BrN3. The van der Waals surface area contributed by atoms with Crippen LogP contribution in [0.5, 0.6) is 0 Å². The van der Waals surface area contributed by atoms with E-state index in [1.165, 1.54) is 0 Å². The van der Waals surface area contributed by atoms with Crippen LogP contribution in [0.15, 0.2) is 37.1 Å². The standard InChI is InChI=1S/C9H8BrN3/c10-4-8-6-13(7-12-8)9-2-1-3-11-5-9/h1-3,5-7H,4H2. The largest absolute Gasteiger partial charge is 0.304 e. The van der Waals surface area contributed by atoms with E-state index < -0.39 is 0 Å². The summed E-state index contributed by atoms with van der Waals surface area (Å²) in [7, 11) is 0. The molecule has 0 spiro atoms. The van der Waals surface area contributed by atoms with Crippen molar-refractivity contribution in [1.29, 1.82) is 0 Å². The van der Waals surface area contributed by atoms with Crippen LogP contribution in [0.25, 0.3) is 5.69 Å². The minimum Gasteiger partial charge on any atom is -0.304 e. The molecule has 13 heavy (non-hydrogen) atoms. The molecule has 0 radical (unpaired) electrons. The number of hydrogen-bond acceptors (Lipinski definition) is 2. The van der Waals surface area contributed by atoms with Crippen molar-refractivity contribution in [3.63, 3.8) is 0 Å². The van der Waals surface area contributed by atoms with Gasteiger partial charge in [0.15, 0.2) is 0 Å². The zero-order valence-electron chi connectivity index (χ0n) is 6.89. The van der Waals surface area contributed by atoms with E-state index in [0.29, 0.717) is 0 Å². The highest BCUT2D eigenvalue weighted by Gasteiger charge is 1.97. The van der Waals surface area contributed by atoms with Crippen LogP contribution >= 0.6 is 15.9 Å². The zero-order valence-corrected chi connectivity index (χ0v) is 8.48. The van der Waals surface area contributed by atoms with Crippen LogP contribution in [0.2, 0.25) is 0 Å². The van der Waals surface area contributed by atoms with Crippen LogP contribution in [-0.2, 0) is 5.33 Å². The zero-order chi connectivity index (χ0) is 9.10. The van der Waals surface area contributed by atoms with E-state index in [-0.39, 0.29) is 0 Å². The van der Waals surface area contributed by atoms with Crippen molar-refractivity contribution in [2.24, 2.45) is 0 Å². The topological polar surface area (TPSA) is 30.7 Å². The van der Waals surface area contributed by atoms with Gasteiger partial charge in [-0.1, -0.05) is 15.9 Å². The molecule has 0 saturated heterocycles. The molecule has 2 aromatic rings. The fourth-order valence-corrected chi connectivity index (χ4v) is 1.37. The summed E-state index contributed by atoms with van der Waals surface area (Å²) in [5.41, 5.74) is 2.05. The maximum Gasteiger partial charge on any atom is 0.0996 e. The first-order valence-electron chi connectivity index (χ1n) is 3.89. The molecule has 0 aliphatic rings. The third kappa shape index (κ3) is 1.78. The summed E-state index contributed by atoms with van der Waals surface area (Å²) in [5.74, 6) is 0. The smallest absolute Gasteiger partial charge is 0.0996 e. The van der Waals surface area contributed by atoms with Crippen molar-refractivity contribution in [2.45, 2.75) is 5.33 Å². The molecule has 3 nitrogen and oxygen atoms in total. The van der Waals surface area contributed by atoms with Crippen LogP contribution in [0.1, 0.15) is 5.69 Å². The van der Waals surface area contributed by atoms with Gasteiger partial charge in [-0.3, -0.25) is 4.98 Å². The van der Waals surface area contributed by atoms with E-state index in [1.807, 2.05) is 22.9 Å². The molecule has 2 rings (SSSR count). The van der Waals surface area contributed by atoms with E-state index >= 15 is 0 Å². The lowest BCUT2D eigenvalue weighted by atomic mass is 10.4. The van der Waals surface area contributed by atoms with Crippen LogP contribution in [0.4, 0.5) is 0 Å². The summed E-state index contributed by atoms with van der Waals surface area (Å²) in [6.45, 7) is 0. The Hall–Kier alpha value is -1.16. The summed E-state index contributed by atoms with van der Waals surface area (Å²) >= 11 is 3.35. The van der Waals surface area contributed by atoms with E-state index in [9.17, 15) is 0 Å². The second-order valence-corrected chi connectivity index (χ2v) is 3.18. The first-order chi connectivity index (χ1) is 6.40. The Morgan fingerprint density at radius 3 is 3.00 bits per heavy atom. The fourth-order valence-electron chi connectivity index (χ4n) is 1.08. The fraction of sp³-hybridized carbons (Fsp3) is 0.111. The van der Waals surface area contributed by atoms with Gasteiger partial charge in [-0.2, -0.15) is 0 Å². The second kappa shape index (κ2) is 3.70. The van der Waals surface area contributed by atoms with Crippen molar-refractivity contribution in [1.82, 2.24) is 14.5 Å². The van der Waals surface area contributed by atoms with Gasteiger partial charge in [0.25, 0.3) is 0 Å². The Morgan fingerprint density at radius 1 is 1.46 bits per heavy atom. The van der Waals surface area contributed by atoms with Gasteiger partial charge in [0.1, 0.15) is 0 Å². The molecule has 2 aromatic heterocycles. The molecule has 0 bridgehead atoms. The molecule has 2 heterocycles. The Kier molecular flexibility index (Phi) is 2.40. The molecule has 0 fully saturated rings. The number of halogens is 1. The van der Waals surface area contributed by atoms with Gasteiger partial charge in [-0.05, 0) is 12.1 Å². The predicted octanol–water partition coefficient (Wildman–Crippen LogP) is 2.16. The third-order valence-corrected chi connectivity index (χ3v) is 2.29. The van der Waals surface area contributed by atoms with Gasteiger partial charge >= 0.3 is 0 Å². The maximum absolute atomic E-state index is 4.20. The van der Waals surface area contributed by atoms with Crippen molar-refractivity contribution < 1.29 is 0 Å². The highest BCUT2D eigenvalue weighted by molar-refractivity contribution is 9.08. The van der Waals surface area contributed by atoms with Gasteiger partial charge in [0, 0.05) is 17.7 Å². The lowest BCUT2D eigenvalue weighted by molar-refractivity contribution is 1.04. The first-order valence-corrected chi connectivity index (χ1v) is 5.01. The van der Waals surface area contributed by atoms with Gasteiger partial charge in [-0.25, -0.2) is 4.98 Å². The van der Waals surface area contributed by atoms with Gasteiger partial charge in [-0.15, -0.1) is 0 Å². The molecule has 0 unspecified atom stereocenters. The number of imidazole rings is 1. The monoisotopic (exact) mass is 237 g/mol. The van der Waals surface area contributed by atoms with Crippen molar-refractivity contribution in [3.05, 3.63) is 42.7 Å².